The van der Waals surface area contributed by atoms with Crippen LogP contribution in [0.25, 0.3) is 0 Å². The second kappa shape index (κ2) is 4.18. The van der Waals surface area contributed by atoms with E-state index in [-0.39, 0.29) is 6.04 Å². The third kappa shape index (κ3) is 1.91. The number of rotatable bonds is 3. The van der Waals surface area contributed by atoms with Gasteiger partial charge in [0.05, 0.1) is 12.5 Å². The monoisotopic (exact) mass is 219 g/mol. The Morgan fingerprint density at radius 3 is 2.50 bits per heavy atom. The first-order valence-electron chi connectivity index (χ1n) is 5.42. The van der Waals surface area contributed by atoms with Crippen LogP contribution >= 0.6 is 0 Å². The molecule has 0 amide bonds. The zero-order chi connectivity index (χ0) is 11.7. The maximum Gasteiger partial charge on any atom is 0.106 e. The summed E-state index contributed by atoms with van der Waals surface area (Å²) >= 11 is 0. The number of furan rings is 2. The zero-order valence-electron chi connectivity index (χ0n) is 9.91. The maximum atomic E-state index is 6.20. The molecule has 16 heavy (non-hydrogen) atoms. The molecule has 0 saturated carbocycles. The highest BCUT2D eigenvalue weighted by Gasteiger charge is 2.18. The van der Waals surface area contributed by atoms with Crippen molar-refractivity contribution in [1.29, 1.82) is 0 Å². The van der Waals surface area contributed by atoms with Crippen LogP contribution in [0, 0.1) is 20.8 Å². The van der Waals surface area contributed by atoms with Crippen molar-refractivity contribution in [3.8, 4) is 0 Å². The van der Waals surface area contributed by atoms with Gasteiger partial charge in [-0.1, -0.05) is 0 Å². The van der Waals surface area contributed by atoms with Crippen LogP contribution < -0.4 is 5.73 Å². The molecule has 0 radical (unpaired) electrons. The predicted octanol–water partition coefficient (Wildman–Crippen LogP) is 3.04. The Balaban J connectivity index is 2.24. The van der Waals surface area contributed by atoms with Gasteiger partial charge < -0.3 is 14.6 Å². The smallest absolute Gasteiger partial charge is 0.106 e. The van der Waals surface area contributed by atoms with Gasteiger partial charge in [-0.3, -0.25) is 0 Å². The predicted molar refractivity (Wildman–Crippen MR) is 62.3 cm³/mol. The average molecular weight is 219 g/mol. The van der Waals surface area contributed by atoms with E-state index in [2.05, 4.69) is 6.92 Å². The molecule has 2 N–H and O–H groups in total. The lowest BCUT2D eigenvalue weighted by molar-refractivity contribution is 0.496. The highest BCUT2D eigenvalue weighted by Crippen LogP contribution is 2.27. The van der Waals surface area contributed by atoms with Gasteiger partial charge in [-0.2, -0.15) is 0 Å². The van der Waals surface area contributed by atoms with Crippen molar-refractivity contribution >= 4 is 0 Å². The van der Waals surface area contributed by atoms with Crippen LogP contribution in [0.1, 0.15) is 34.3 Å². The summed E-state index contributed by atoms with van der Waals surface area (Å²) in [5.41, 5.74) is 9.60. The normalized spacial score (nSPS) is 13.0. The summed E-state index contributed by atoms with van der Waals surface area (Å²) in [5.74, 6) is 1.88. The lowest BCUT2D eigenvalue weighted by atomic mass is 9.98. The van der Waals surface area contributed by atoms with E-state index in [4.69, 9.17) is 14.6 Å². The summed E-state index contributed by atoms with van der Waals surface area (Å²) in [4.78, 5) is 0. The van der Waals surface area contributed by atoms with Crippen LogP contribution in [0.2, 0.25) is 0 Å². The molecule has 2 aromatic rings. The summed E-state index contributed by atoms with van der Waals surface area (Å²) in [7, 11) is 0. The van der Waals surface area contributed by atoms with Gasteiger partial charge in [0.1, 0.15) is 11.5 Å². The lowest BCUT2D eigenvalue weighted by Crippen LogP contribution is -2.14. The molecule has 2 heterocycles. The van der Waals surface area contributed by atoms with Crippen LogP contribution in [-0.2, 0) is 6.42 Å². The first-order chi connectivity index (χ1) is 7.59. The fraction of sp³-hybridized carbons (Fsp3) is 0.385. The summed E-state index contributed by atoms with van der Waals surface area (Å²) in [6.07, 6.45) is 4.18. The van der Waals surface area contributed by atoms with Gasteiger partial charge in [0.2, 0.25) is 0 Å². The quantitative estimate of drug-likeness (QED) is 0.863. The molecule has 86 valence electrons. The van der Waals surface area contributed by atoms with Gasteiger partial charge in [-0.05, 0) is 44.4 Å². The van der Waals surface area contributed by atoms with E-state index in [1.165, 1.54) is 0 Å². The minimum absolute atomic E-state index is 0.0324. The molecule has 2 rings (SSSR count). The number of aryl methyl sites for hydroxylation is 2. The first-order valence-corrected chi connectivity index (χ1v) is 5.42. The van der Waals surface area contributed by atoms with Gasteiger partial charge in [0, 0.05) is 11.6 Å². The van der Waals surface area contributed by atoms with Crippen molar-refractivity contribution in [3.05, 3.63) is 46.8 Å². The third-order valence-corrected chi connectivity index (χ3v) is 3.02. The van der Waals surface area contributed by atoms with E-state index in [9.17, 15) is 0 Å². The Labute approximate surface area is 95.2 Å². The highest BCUT2D eigenvalue weighted by atomic mass is 16.3. The summed E-state index contributed by atoms with van der Waals surface area (Å²) in [6, 6.07) is 1.91. The molecular formula is C13H17NO2. The molecule has 0 aliphatic carbocycles. The van der Waals surface area contributed by atoms with Crippen LogP contribution in [0.15, 0.2) is 27.4 Å². The van der Waals surface area contributed by atoms with E-state index < -0.39 is 0 Å². The standard InChI is InChI=1S/C13H17NO2/c1-8-9(2)16-10(3)13(8)12(14)6-11-4-5-15-7-11/h4-5,7,12H,6,14H2,1-3H3. The summed E-state index contributed by atoms with van der Waals surface area (Å²) in [6.45, 7) is 5.98. The molecule has 3 heteroatoms. The van der Waals surface area contributed by atoms with E-state index in [0.29, 0.717) is 0 Å². The third-order valence-electron chi connectivity index (χ3n) is 3.02. The number of nitrogens with two attached hydrogens (primary N) is 1. The van der Waals surface area contributed by atoms with Gasteiger partial charge >= 0.3 is 0 Å². The van der Waals surface area contributed by atoms with E-state index in [0.717, 1.165) is 34.6 Å². The molecule has 2 aromatic heterocycles. The fourth-order valence-corrected chi connectivity index (χ4v) is 2.12. The molecule has 0 aliphatic heterocycles. The molecule has 0 spiro atoms. The lowest BCUT2D eigenvalue weighted by Gasteiger charge is -2.10. The van der Waals surface area contributed by atoms with Crippen molar-refractivity contribution in [2.24, 2.45) is 5.73 Å². The molecule has 0 aromatic carbocycles. The molecule has 0 aliphatic rings. The van der Waals surface area contributed by atoms with Gasteiger partial charge in [-0.25, -0.2) is 0 Å². The molecule has 1 unspecified atom stereocenters. The summed E-state index contributed by atoms with van der Waals surface area (Å²) in [5, 5.41) is 0. The number of hydrogen-bond donors (Lipinski definition) is 1. The van der Waals surface area contributed by atoms with E-state index >= 15 is 0 Å². The topological polar surface area (TPSA) is 52.3 Å². The SMILES string of the molecule is Cc1oc(C)c(C(N)Cc2ccoc2)c1C. The Morgan fingerprint density at radius 2 is 2.00 bits per heavy atom. The number of hydrogen-bond acceptors (Lipinski definition) is 3. The van der Waals surface area contributed by atoms with E-state index in [1.807, 2.05) is 19.9 Å². The van der Waals surface area contributed by atoms with Crippen molar-refractivity contribution < 1.29 is 8.83 Å². The van der Waals surface area contributed by atoms with Gasteiger partial charge in [0.15, 0.2) is 0 Å². The van der Waals surface area contributed by atoms with Crippen molar-refractivity contribution in [3.63, 3.8) is 0 Å². The van der Waals surface area contributed by atoms with Gasteiger partial charge in [0.25, 0.3) is 0 Å². The maximum absolute atomic E-state index is 6.20. The molecular weight excluding hydrogens is 202 g/mol. The molecule has 3 nitrogen and oxygen atoms in total. The Bertz CT molecular complexity index is 468. The zero-order valence-corrected chi connectivity index (χ0v) is 9.91. The van der Waals surface area contributed by atoms with E-state index in [1.54, 1.807) is 12.5 Å². The Hall–Kier alpha value is -1.48. The second-order valence-corrected chi connectivity index (χ2v) is 4.20. The largest absolute Gasteiger partial charge is 0.472 e. The molecule has 1 atom stereocenters. The minimum Gasteiger partial charge on any atom is -0.472 e. The summed E-state index contributed by atoms with van der Waals surface area (Å²) < 4.78 is 10.6. The molecule has 0 fully saturated rings. The van der Waals surface area contributed by atoms with Crippen LogP contribution in [0.3, 0.4) is 0 Å². The fourth-order valence-electron chi connectivity index (χ4n) is 2.12. The van der Waals surface area contributed by atoms with Crippen molar-refractivity contribution in [1.82, 2.24) is 0 Å². The van der Waals surface area contributed by atoms with Crippen molar-refractivity contribution in [2.45, 2.75) is 33.2 Å². The van der Waals surface area contributed by atoms with Crippen LogP contribution in [0.5, 0.6) is 0 Å². The second-order valence-electron chi connectivity index (χ2n) is 4.20. The Morgan fingerprint density at radius 1 is 1.25 bits per heavy atom. The molecule has 0 saturated heterocycles. The van der Waals surface area contributed by atoms with Crippen LogP contribution in [-0.4, -0.2) is 0 Å². The Kier molecular flexibility index (Phi) is 2.88. The average Bonchev–Trinajstić information content (AvgIpc) is 2.77. The first kappa shape index (κ1) is 11.0. The minimum atomic E-state index is -0.0324. The van der Waals surface area contributed by atoms with Gasteiger partial charge in [-0.15, -0.1) is 0 Å². The molecule has 0 bridgehead atoms. The van der Waals surface area contributed by atoms with Crippen LogP contribution in [0.4, 0.5) is 0 Å². The van der Waals surface area contributed by atoms with Crippen molar-refractivity contribution in [2.75, 3.05) is 0 Å². The highest BCUT2D eigenvalue weighted by molar-refractivity contribution is 5.35.